The average Bonchev–Trinajstić information content (AvgIpc) is 3.77. The van der Waals surface area contributed by atoms with E-state index in [9.17, 15) is 33.0 Å². The Morgan fingerprint density at radius 3 is 2.28 bits per heavy atom. The second-order valence-electron chi connectivity index (χ2n) is 10.3. The lowest BCUT2D eigenvalue weighted by atomic mass is 10.0. The van der Waals surface area contributed by atoms with Gasteiger partial charge in [0.25, 0.3) is 5.91 Å². The summed E-state index contributed by atoms with van der Waals surface area (Å²) < 4.78 is 42.8. The lowest BCUT2D eigenvalue weighted by Crippen LogP contribution is -2.31. The molecule has 2 aliphatic rings. The van der Waals surface area contributed by atoms with Gasteiger partial charge in [-0.25, -0.2) is 23.0 Å². The minimum absolute atomic E-state index is 0.0391. The van der Waals surface area contributed by atoms with Crippen molar-refractivity contribution in [3.63, 3.8) is 0 Å². The van der Waals surface area contributed by atoms with Gasteiger partial charge in [0.2, 0.25) is 5.06 Å². The van der Waals surface area contributed by atoms with Gasteiger partial charge >= 0.3 is 11.9 Å². The lowest BCUT2D eigenvalue weighted by molar-refractivity contribution is -0.136. The van der Waals surface area contributed by atoms with Crippen LogP contribution in [0.25, 0.3) is 0 Å². The molecule has 3 N–H and O–H groups in total. The van der Waals surface area contributed by atoms with Crippen LogP contribution in [0.3, 0.4) is 0 Å². The van der Waals surface area contributed by atoms with Crippen molar-refractivity contribution in [3.8, 4) is 10.8 Å². The summed E-state index contributed by atoms with van der Waals surface area (Å²) in [6, 6.07) is 8.68. The van der Waals surface area contributed by atoms with E-state index in [2.05, 4.69) is 10.3 Å². The Morgan fingerprint density at radius 2 is 1.67 bits per heavy atom. The highest BCUT2D eigenvalue weighted by molar-refractivity contribution is 7.92. The molecule has 1 unspecified atom stereocenters. The topological polar surface area (TPSA) is 178 Å². The number of thiazole rings is 1. The van der Waals surface area contributed by atoms with E-state index in [1.54, 1.807) is 19.1 Å². The minimum Gasteiger partial charge on any atom is -0.478 e. The average molecular weight is 631 g/mol. The fourth-order valence-electron chi connectivity index (χ4n) is 4.77. The number of benzene rings is 2. The molecule has 3 aromatic rings. The number of sulfone groups is 1. The van der Waals surface area contributed by atoms with Crippen LogP contribution in [0, 0.1) is 13.8 Å². The van der Waals surface area contributed by atoms with Gasteiger partial charge in [-0.2, -0.15) is 0 Å². The Morgan fingerprint density at radius 1 is 1.00 bits per heavy atom. The monoisotopic (exact) mass is 630 g/mol. The largest absolute Gasteiger partial charge is 0.478 e. The molecule has 1 aliphatic carbocycles. The van der Waals surface area contributed by atoms with Gasteiger partial charge in [0.1, 0.15) is 11.3 Å². The molecule has 1 amide bonds. The van der Waals surface area contributed by atoms with Crippen LogP contribution < -0.4 is 10.1 Å². The molecule has 1 aliphatic heterocycles. The van der Waals surface area contributed by atoms with E-state index in [1.165, 1.54) is 31.2 Å². The first kappa shape index (κ1) is 30.6. The Balaban J connectivity index is 1.38. The Bertz CT molecular complexity index is 1660. The van der Waals surface area contributed by atoms with Crippen LogP contribution in [0.15, 0.2) is 41.3 Å². The van der Waals surface area contributed by atoms with Crippen LogP contribution in [0.1, 0.15) is 69.3 Å². The molecule has 1 aromatic heterocycles. The van der Waals surface area contributed by atoms with Gasteiger partial charge in [-0.05, 0) is 74.9 Å². The van der Waals surface area contributed by atoms with Crippen molar-refractivity contribution < 1.29 is 47.2 Å². The molecule has 0 spiro atoms. The number of carboxylic acid groups (broad SMARTS) is 2. The van der Waals surface area contributed by atoms with Crippen molar-refractivity contribution in [2.45, 2.75) is 61.9 Å². The molecule has 0 bridgehead atoms. The number of nitrogens with one attached hydrogen (secondary N) is 1. The van der Waals surface area contributed by atoms with Crippen molar-refractivity contribution in [1.29, 1.82) is 0 Å². The van der Waals surface area contributed by atoms with Gasteiger partial charge in [-0.1, -0.05) is 23.5 Å². The first-order valence-electron chi connectivity index (χ1n) is 13.6. The van der Waals surface area contributed by atoms with E-state index in [-0.39, 0.29) is 48.9 Å². The van der Waals surface area contributed by atoms with Gasteiger partial charge in [0.05, 0.1) is 27.5 Å². The molecule has 2 fully saturated rings. The predicted octanol–water partition coefficient (Wildman–Crippen LogP) is 4.76. The molecule has 2 heterocycles. The van der Waals surface area contributed by atoms with Crippen molar-refractivity contribution >= 4 is 44.2 Å². The van der Waals surface area contributed by atoms with Crippen molar-refractivity contribution in [3.05, 3.63) is 64.3 Å². The molecule has 1 saturated carbocycles. The van der Waals surface area contributed by atoms with Gasteiger partial charge in [0, 0.05) is 13.2 Å². The molecule has 14 heteroatoms. The standard InChI is InChI=1S/C29H30N2O10S2/c1-15-21(26(33)34)9-10-22(23(15)27(35)36)41-28-16(2)30-29(42-28)31-25(32)24(40-18-11-13-39-14-12-18)17-3-5-19(6-4-17)43(37,38)20-7-8-20/h3-6,9-10,18,20,24H,7-8,11-14H2,1-2H3,(H,33,34)(H,35,36)(H,30,31,32). The van der Waals surface area contributed by atoms with Gasteiger partial charge in [0.15, 0.2) is 21.1 Å². The van der Waals surface area contributed by atoms with Crippen molar-refractivity contribution in [2.24, 2.45) is 0 Å². The fourth-order valence-corrected chi connectivity index (χ4v) is 7.26. The molecular formula is C29H30N2O10S2. The summed E-state index contributed by atoms with van der Waals surface area (Å²) in [6.07, 6.45) is 1.16. The third-order valence-electron chi connectivity index (χ3n) is 7.27. The summed E-state index contributed by atoms with van der Waals surface area (Å²) in [7, 11) is -3.40. The number of rotatable bonds is 11. The number of aromatic carboxylic acids is 2. The third kappa shape index (κ3) is 6.72. The maximum atomic E-state index is 13.6. The zero-order valence-corrected chi connectivity index (χ0v) is 25.0. The summed E-state index contributed by atoms with van der Waals surface area (Å²) in [5.74, 6) is -3.21. The SMILES string of the molecule is Cc1nc(NC(=O)C(OC2CCOCC2)c2ccc(S(=O)(=O)C3CC3)cc2)sc1Oc1ccc(C(=O)O)c(C)c1C(=O)O. The molecule has 12 nitrogen and oxygen atoms in total. The van der Waals surface area contributed by atoms with Crippen LogP contribution in [0.4, 0.5) is 5.13 Å². The van der Waals surface area contributed by atoms with Crippen LogP contribution in [0.2, 0.25) is 0 Å². The summed E-state index contributed by atoms with van der Waals surface area (Å²) in [6.45, 7) is 4.00. The number of nitrogens with zero attached hydrogens (tertiary/aromatic N) is 1. The molecule has 228 valence electrons. The molecule has 0 radical (unpaired) electrons. The Hall–Kier alpha value is -3.85. The van der Waals surface area contributed by atoms with E-state index in [4.69, 9.17) is 14.2 Å². The summed E-state index contributed by atoms with van der Waals surface area (Å²) in [4.78, 5) is 41.5. The lowest BCUT2D eigenvalue weighted by Gasteiger charge is -2.27. The summed E-state index contributed by atoms with van der Waals surface area (Å²) >= 11 is 0.965. The number of hydrogen-bond donors (Lipinski definition) is 3. The molecule has 1 atom stereocenters. The van der Waals surface area contributed by atoms with Crippen LogP contribution in [-0.4, -0.2) is 66.0 Å². The van der Waals surface area contributed by atoms with E-state index in [1.807, 2.05) is 0 Å². The van der Waals surface area contributed by atoms with E-state index < -0.39 is 33.8 Å². The zero-order valence-electron chi connectivity index (χ0n) is 23.4. The van der Waals surface area contributed by atoms with E-state index >= 15 is 0 Å². The number of carbonyl (C=O) groups excluding carboxylic acids is 1. The van der Waals surface area contributed by atoms with Gasteiger partial charge < -0.3 is 24.4 Å². The second-order valence-corrected chi connectivity index (χ2v) is 13.5. The zero-order chi connectivity index (χ0) is 30.9. The number of aromatic nitrogens is 1. The van der Waals surface area contributed by atoms with Crippen LogP contribution in [-0.2, 0) is 24.1 Å². The maximum Gasteiger partial charge on any atom is 0.339 e. The molecule has 1 saturated heterocycles. The number of aryl methyl sites for hydroxylation is 1. The van der Waals surface area contributed by atoms with Crippen molar-refractivity contribution in [1.82, 2.24) is 4.98 Å². The molecule has 5 rings (SSSR count). The Kier molecular flexibility index (Phi) is 8.83. The van der Waals surface area contributed by atoms with Crippen LogP contribution in [0.5, 0.6) is 10.8 Å². The number of carbonyl (C=O) groups is 3. The molecular weight excluding hydrogens is 600 g/mol. The third-order valence-corrected chi connectivity index (χ3v) is 10.5. The minimum atomic E-state index is -3.40. The van der Waals surface area contributed by atoms with Crippen LogP contribution >= 0.6 is 11.3 Å². The number of anilines is 1. The highest BCUT2D eigenvalue weighted by Gasteiger charge is 2.37. The Labute approximate surface area is 251 Å². The highest BCUT2D eigenvalue weighted by atomic mass is 32.2. The highest BCUT2D eigenvalue weighted by Crippen LogP contribution is 2.38. The molecule has 43 heavy (non-hydrogen) atoms. The van der Waals surface area contributed by atoms with Crippen molar-refractivity contribution in [2.75, 3.05) is 18.5 Å². The first-order chi connectivity index (χ1) is 20.5. The quantitative estimate of drug-likeness (QED) is 0.266. The summed E-state index contributed by atoms with van der Waals surface area (Å²) in [5, 5.41) is 21.8. The number of ether oxygens (including phenoxy) is 3. The maximum absolute atomic E-state index is 13.6. The molecule has 2 aromatic carbocycles. The fraction of sp³-hybridized carbons (Fsp3) is 0.379. The normalized spacial score (nSPS) is 16.4. The van der Waals surface area contributed by atoms with E-state index in [0.717, 1.165) is 11.3 Å². The van der Waals surface area contributed by atoms with Gasteiger partial charge in [-0.3, -0.25) is 10.1 Å². The van der Waals surface area contributed by atoms with Gasteiger partial charge in [-0.15, -0.1) is 0 Å². The first-order valence-corrected chi connectivity index (χ1v) is 16.0. The second kappa shape index (κ2) is 12.4. The smallest absolute Gasteiger partial charge is 0.339 e. The van der Waals surface area contributed by atoms with E-state index in [0.29, 0.717) is 50.2 Å². The summed E-state index contributed by atoms with van der Waals surface area (Å²) in [5.41, 5.74) is 0.428. The predicted molar refractivity (Wildman–Crippen MR) is 155 cm³/mol. The number of carboxylic acids is 2. The number of hydrogen-bond acceptors (Lipinski definition) is 10. The number of amides is 1.